The molecular weight excluding hydrogens is 179 g/mol. The van der Waals surface area contributed by atoms with Crippen LogP contribution in [-0.4, -0.2) is 6.10 Å². The largest absolute Gasteiger partial charge is 0.491 e. The van der Waals surface area contributed by atoms with Crippen LogP contribution in [0.2, 0.25) is 0 Å². The van der Waals surface area contributed by atoms with Crippen LogP contribution in [0.25, 0.3) is 0 Å². The fourth-order valence-electron chi connectivity index (χ4n) is 1.32. The predicted octanol–water partition coefficient (Wildman–Crippen LogP) is 3.74. The van der Waals surface area contributed by atoms with Crippen molar-refractivity contribution >= 4 is 0 Å². The molecule has 1 rings (SSSR count). The van der Waals surface area contributed by atoms with E-state index >= 15 is 0 Å². The van der Waals surface area contributed by atoms with E-state index < -0.39 is 0 Å². The van der Waals surface area contributed by atoms with Crippen molar-refractivity contribution in [2.45, 2.75) is 39.7 Å². The fourth-order valence-corrected chi connectivity index (χ4v) is 1.32. The second-order valence-corrected chi connectivity index (χ2v) is 4.00. The van der Waals surface area contributed by atoms with E-state index in [0.29, 0.717) is 5.75 Å². The van der Waals surface area contributed by atoms with Crippen LogP contribution in [0.1, 0.15) is 39.2 Å². The van der Waals surface area contributed by atoms with E-state index in [4.69, 9.17) is 4.74 Å². The molecule has 0 heterocycles. The van der Waals surface area contributed by atoms with Crippen LogP contribution in [0.15, 0.2) is 18.2 Å². The molecule has 1 nitrogen and oxygen atoms in total. The first-order chi connectivity index (χ1) is 6.50. The lowest BCUT2D eigenvalue weighted by molar-refractivity contribution is 0.241. The third-order valence-corrected chi connectivity index (χ3v) is 1.97. The average Bonchev–Trinajstić information content (AvgIpc) is 2.01. The Labute approximate surface area is 84.9 Å². The van der Waals surface area contributed by atoms with Gasteiger partial charge in [0.05, 0.1) is 6.10 Å². The van der Waals surface area contributed by atoms with Gasteiger partial charge in [-0.05, 0) is 31.4 Å². The van der Waals surface area contributed by atoms with Crippen LogP contribution < -0.4 is 4.74 Å². The summed E-state index contributed by atoms with van der Waals surface area (Å²) in [4.78, 5) is 0. The molecule has 0 N–H and O–H groups in total. The number of ether oxygens (including phenoxy) is 1. The van der Waals surface area contributed by atoms with Gasteiger partial charge < -0.3 is 4.74 Å². The minimum atomic E-state index is -0.182. The van der Waals surface area contributed by atoms with Gasteiger partial charge in [0.2, 0.25) is 0 Å². The summed E-state index contributed by atoms with van der Waals surface area (Å²) in [7, 11) is 0. The lowest BCUT2D eigenvalue weighted by Gasteiger charge is -2.12. The quantitative estimate of drug-likeness (QED) is 0.715. The Morgan fingerprint density at radius 3 is 2.21 bits per heavy atom. The normalized spacial score (nSPS) is 11.1. The first-order valence-corrected chi connectivity index (χ1v) is 4.96. The van der Waals surface area contributed by atoms with Crippen LogP contribution in [0, 0.1) is 5.82 Å². The minimum Gasteiger partial charge on any atom is -0.491 e. The van der Waals surface area contributed by atoms with Crippen molar-refractivity contribution in [2.75, 3.05) is 0 Å². The Kier molecular flexibility index (Phi) is 3.50. The van der Waals surface area contributed by atoms with Crippen LogP contribution >= 0.6 is 0 Å². The van der Waals surface area contributed by atoms with Gasteiger partial charge in [0.25, 0.3) is 0 Å². The number of hydrogen-bond acceptors (Lipinski definition) is 1. The zero-order valence-corrected chi connectivity index (χ0v) is 9.17. The zero-order valence-electron chi connectivity index (χ0n) is 9.17. The maximum atomic E-state index is 13.5. The summed E-state index contributed by atoms with van der Waals surface area (Å²) in [6.07, 6.45) is 0.0827. The molecule has 0 aliphatic heterocycles. The standard InChI is InChI=1S/C12H17FO/c1-8(2)11-6-5-10(7-12(11)13)14-9(3)4/h5-9H,1-4H3. The summed E-state index contributed by atoms with van der Waals surface area (Å²) in [5.41, 5.74) is 0.737. The molecule has 14 heavy (non-hydrogen) atoms. The second kappa shape index (κ2) is 4.45. The summed E-state index contributed by atoms with van der Waals surface area (Å²) in [6, 6.07) is 5.06. The molecule has 1 aromatic carbocycles. The molecule has 0 amide bonds. The highest BCUT2D eigenvalue weighted by atomic mass is 19.1. The smallest absolute Gasteiger partial charge is 0.130 e. The number of halogens is 1. The van der Waals surface area contributed by atoms with Crippen molar-refractivity contribution in [3.8, 4) is 5.75 Å². The SMILES string of the molecule is CC(C)Oc1ccc(C(C)C)c(F)c1. The van der Waals surface area contributed by atoms with E-state index in [1.165, 1.54) is 6.07 Å². The highest BCUT2D eigenvalue weighted by Gasteiger charge is 2.08. The van der Waals surface area contributed by atoms with E-state index in [2.05, 4.69) is 0 Å². The number of benzene rings is 1. The van der Waals surface area contributed by atoms with Crippen molar-refractivity contribution in [2.24, 2.45) is 0 Å². The molecule has 0 atom stereocenters. The average molecular weight is 196 g/mol. The molecule has 0 bridgehead atoms. The zero-order chi connectivity index (χ0) is 10.7. The summed E-state index contributed by atoms with van der Waals surface area (Å²) in [5, 5.41) is 0. The number of hydrogen-bond donors (Lipinski definition) is 0. The molecule has 0 aromatic heterocycles. The molecule has 0 fully saturated rings. The van der Waals surface area contributed by atoms with Crippen LogP contribution in [0.5, 0.6) is 5.75 Å². The molecular formula is C12H17FO. The highest BCUT2D eigenvalue weighted by molar-refractivity contribution is 5.30. The predicted molar refractivity (Wildman–Crippen MR) is 56.3 cm³/mol. The molecule has 1 aromatic rings. The van der Waals surface area contributed by atoms with Gasteiger partial charge in [0, 0.05) is 6.07 Å². The first-order valence-electron chi connectivity index (χ1n) is 4.96. The molecule has 0 radical (unpaired) electrons. The monoisotopic (exact) mass is 196 g/mol. The third-order valence-electron chi connectivity index (χ3n) is 1.97. The Balaban J connectivity index is 2.89. The summed E-state index contributed by atoms with van der Waals surface area (Å²) in [6.45, 7) is 7.80. The van der Waals surface area contributed by atoms with Gasteiger partial charge in [-0.2, -0.15) is 0 Å². The Hall–Kier alpha value is -1.05. The molecule has 0 aliphatic carbocycles. The first kappa shape index (κ1) is 11.0. The van der Waals surface area contributed by atoms with Crippen molar-refractivity contribution in [1.82, 2.24) is 0 Å². The van der Waals surface area contributed by atoms with Crippen LogP contribution in [0.3, 0.4) is 0 Å². The highest BCUT2D eigenvalue weighted by Crippen LogP contribution is 2.23. The second-order valence-electron chi connectivity index (χ2n) is 4.00. The van der Waals surface area contributed by atoms with Crippen molar-refractivity contribution in [1.29, 1.82) is 0 Å². The molecule has 0 aliphatic rings. The van der Waals surface area contributed by atoms with Gasteiger partial charge in [0.15, 0.2) is 0 Å². The maximum absolute atomic E-state index is 13.5. The fraction of sp³-hybridized carbons (Fsp3) is 0.500. The summed E-state index contributed by atoms with van der Waals surface area (Å²) < 4.78 is 18.9. The van der Waals surface area contributed by atoms with Gasteiger partial charge >= 0.3 is 0 Å². The lowest BCUT2D eigenvalue weighted by Crippen LogP contribution is -2.06. The van der Waals surface area contributed by atoms with Gasteiger partial charge in [-0.15, -0.1) is 0 Å². The van der Waals surface area contributed by atoms with E-state index in [1.54, 1.807) is 6.07 Å². The summed E-state index contributed by atoms with van der Waals surface area (Å²) >= 11 is 0. The van der Waals surface area contributed by atoms with Crippen LogP contribution in [0.4, 0.5) is 4.39 Å². The number of rotatable bonds is 3. The topological polar surface area (TPSA) is 9.23 Å². The molecule has 2 heteroatoms. The third kappa shape index (κ3) is 2.72. The van der Waals surface area contributed by atoms with Crippen molar-refractivity contribution < 1.29 is 9.13 Å². The molecule has 0 saturated carbocycles. The van der Waals surface area contributed by atoms with Gasteiger partial charge in [-0.3, -0.25) is 0 Å². The molecule has 78 valence electrons. The Bertz CT molecular complexity index is 305. The lowest BCUT2D eigenvalue weighted by atomic mass is 10.0. The Morgan fingerprint density at radius 2 is 1.79 bits per heavy atom. The van der Waals surface area contributed by atoms with Gasteiger partial charge in [-0.25, -0.2) is 4.39 Å². The van der Waals surface area contributed by atoms with E-state index in [0.717, 1.165) is 5.56 Å². The van der Waals surface area contributed by atoms with Crippen molar-refractivity contribution in [3.05, 3.63) is 29.6 Å². The van der Waals surface area contributed by atoms with Crippen molar-refractivity contribution in [3.63, 3.8) is 0 Å². The van der Waals surface area contributed by atoms with Crippen LogP contribution in [-0.2, 0) is 0 Å². The van der Waals surface area contributed by atoms with Gasteiger partial charge in [0.1, 0.15) is 11.6 Å². The Morgan fingerprint density at radius 1 is 1.14 bits per heavy atom. The van der Waals surface area contributed by atoms with Gasteiger partial charge in [-0.1, -0.05) is 19.9 Å². The van der Waals surface area contributed by atoms with E-state index in [9.17, 15) is 4.39 Å². The minimum absolute atomic E-state index is 0.0827. The van der Waals surface area contributed by atoms with E-state index in [1.807, 2.05) is 33.8 Å². The molecule has 0 unspecified atom stereocenters. The molecule has 0 spiro atoms. The maximum Gasteiger partial charge on any atom is 0.130 e. The summed E-state index contributed by atoms with van der Waals surface area (Å²) in [5.74, 6) is 0.628. The van der Waals surface area contributed by atoms with E-state index in [-0.39, 0.29) is 17.8 Å². The molecule has 0 saturated heterocycles.